The molecule has 0 aromatic heterocycles. The van der Waals surface area contributed by atoms with Gasteiger partial charge in [0, 0.05) is 31.7 Å². The molecule has 2 saturated heterocycles. The van der Waals surface area contributed by atoms with Crippen LogP contribution in [0.15, 0.2) is 0 Å². The van der Waals surface area contributed by atoms with Crippen molar-refractivity contribution in [3.05, 3.63) is 0 Å². The van der Waals surface area contributed by atoms with Gasteiger partial charge in [-0.1, -0.05) is 13.8 Å². The molecule has 2 rings (SSSR count). The summed E-state index contributed by atoms with van der Waals surface area (Å²) in [5.74, 6) is 0.228. The lowest BCUT2D eigenvalue weighted by Gasteiger charge is -2.33. The standard InChI is InChI=1S/C16H30N2O3/c1-13(2)16(19)17-14-5-3-7-18(11-14)8-10-20-12-15-6-4-9-21-15/h13-15H,3-12H2,1-2H3,(H,17,19)/t14-,15-/m1/s1. The number of piperidine rings is 1. The van der Waals surface area contributed by atoms with Crippen LogP contribution in [-0.4, -0.2) is 62.4 Å². The van der Waals surface area contributed by atoms with Gasteiger partial charge in [0.15, 0.2) is 0 Å². The maximum absolute atomic E-state index is 11.8. The minimum atomic E-state index is 0.0649. The van der Waals surface area contributed by atoms with Gasteiger partial charge in [-0.2, -0.15) is 0 Å². The summed E-state index contributed by atoms with van der Waals surface area (Å²) < 4.78 is 11.3. The number of likely N-dealkylation sites (tertiary alicyclic amines) is 1. The smallest absolute Gasteiger partial charge is 0.222 e. The highest BCUT2D eigenvalue weighted by atomic mass is 16.5. The number of carbonyl (C=O) groups is 1. The SMILES string of the molecule is CC(C)C(=O)N[C@@H]1CCCN(CCOC[C@H]2CCCO2)C1. The predicted octanol–water partition coefficient (Wildman–Crippen LogP) is 1.42. The fourth-order valence-electron chi connectivity index (χ4n) is 2.93. The summed E-state index contributed by atoms with van der Waals surface area (Å²) in [5.41, 5.74) is 0. The van der Waals surface area contributed by atoms with E-state index in [1.165, 1.54) is 0 Å². The number of carbonyl (C=O) groups excluding carboxylic acids is 1. The molecule has 0 spiro atoms. The Kier molecular flexibility index (Phi) is 6.93. The van der Waals surface area contributed by atoms with Crippen molar-refractivity contribution in [2.24, 2.45) is 5.92 Å². The minimum absolute atomic E-state index is 0.0649. The van der Waals surface area contributed by atoms with Gasteiger partial charge in [0.25, 0.3) is 0 Å². The third-order valence-corrected chi connectivity index (χ3v) is 4.26. The predicted molar refractivity (Wildman–Crippen MR) is 82.2 cm³/mol. The third-order valence-electron chi connectivity index (χ3n) is 4.26. The summed E-state index contributed by atoms with van der Waals surface area (Å²) >= 11 is 0. The Morgan fingerprint density at radius 1 is 1.38 bits per heavy atom. The first-order valence-corrected chi connectivity index (χ1v) is 8.37. The van der Waals surface area contributed by atoms with Gasteiger partial charge in [-0.05, 0) is 32.2 Å². The molecule has 2 fully saturated rings. The van der Waals surface area contributed by atoms with Gasteiger partial charge in [0.1, 0.15) is 0 Å². The van der Waals surface area contributed by atoms with E-state index in [1.807, 2.05) is 13.8 Å². The molecule has 2 atom stereocenters. The molecule has 2 aliphatic rings. The first kappa shape index (κ1) is 16.7. The number of rotatable bonds is 7. The maximum Gasteiger partial charge on any atom is 0.222 e. The highest BCUT2D eigenvalue weighted by molar-refractivity contribution is 5.78. The zero-order valence-corrected chi connectivity index (χ0v) is 13.5. The van der Waals surface area contributed by atoms with Crippen LogP contribution in [0.3, 0.4) is 0 Å². The van der Waals surface area contributed by atoms with Gasteiger partial charge in [-0.3, -0.25) is 9.69 Å². The van der Waals surface area contributed by atoms with Crippen molar-refractivity contribution in [3.8, 4) is 0 Å². The van der Waals surface area contributed by atoms with Crippen LogP contribution in [0.5, 0.6) is 0 Å². The monoisotopic (exact) mass is 298 g/mol. The van der Waals surface area contributed by atoms with Gasteiger partial charge in [-0.15, -0.1) is 0 Å². The molecule has 1 amide bonds. The molecular weight excluding hydrogens is 268 g/mol. The van der Waals surface area contributed by atoms with Gasteiger partial charge in [-0.25, -0.2) is 0 Å². The van der Waals surface area contributed by atoms with Crippen molar-refractivity contribution in [2.45, 2.75) is 51.7 Å². The average Bonchev–Trinajstić information content (AvgIpc) is 2.97. The Labute approximate surface area is 128 Å². The average molecular weight is 298 g/mol. The maximum atomic E-state index is 11.8. The van der Waals surface area contributed by atoms with Crippen LogP contribution in [0.1, 0.15) is 39.5 Å². The largest absolute Gasteiger partial charge is 0.377 e. The van der Waals surface area contributed by atoms with E-state index < -0.39 is 0 Å². The molecule has 0 aromatic rings. The summed E-state index contributed by atoms with van der Waals surface area (Å²) in [6, 6.07) is 0.298. The Hall–Kier alpha value is -0.650. The number of hydrogen-bond acceptors (Lipinski definition) is 4. The van der Waals surface area contributed by atoms with E-state index in [1.54, 1.807) is 0 Å². The van der Waals surface area contributed by atoms with E-state index in [2.05, 4.69) is 10.2 Å². The lowest BCUT2D eigenvalue weighted by Crippen LogP contribution is -2.49. The molecule has 1 N–H and O–H groups in total. The van der Waals surface area contributed by atoms with E-state index in [0.29, 0.717) is 12.1 Å². The lowest BCUT2D eigenvalue weighted by molar-refractivity contribution is -0.125. The highest BCUT2D eigenvalue weighted by Crippen LogP contribution is 2.13. The summed E-state index contributed by atoms with van der Waals surface area (Å²) in [5, 5.41) is 3.14. The van der Waals surface area contributed by atoms with Crippen molar-refractivity contribution >= 4 is 5.91 Å². The summed E-state index contributed by atoms with van der Waals surface area (Å²) in [6.45, 7) is 9.24. The van der Waals surface area contributed by atoms with Crippen LogP contribution in [0, 0.1) is 5.92 Å². The molecule has 0 aromatic carbocycles. The van der Waals surface area contributed by atoms with Crippen molar-refractivity contribution in [1.82, 2.24) is 10.2 Å². The van der Waals surface area contributed by atoms with Crippen molar-refractivity contribution < 1.29 is 14.3 Å². The van der Waals surface area contributed by atoms with Crippen LogP contribution < -0.4 is 5.32 Å². The number of nitrogens with one attached hydrogen (secondary N) is 1. The summed E-state index contributed by atoms with van der Waals surface area (Å²) in [7, 11) is 0. The second kappa shape index (κ2) is 8.71. The molecule has 0 unspecified atom stereocenters. The van der Waals surface area contributed by atoms with Gasteiger partial charge in [0.05, 0.1) is 19.3 Å². The van der Waals surface area contributed by atoms with Gasteiger partial charge in [0.2, 0.25) is 5.91 Å². The number of nitrogens with zero attached hydrogens (tertiary/aromatic N) is 1. The normalized spacial score (nSPS) is 27.2. The van der Waals surface area contributed by atoms with E-state index in [9.17, 15) is 4.79 Å². The van der Waals surface area contributed by atoms with Gasteiger partial charge >= 0.3 is 0 Å². The fourth-order valence-corrected chi connectivity index (χ4v) is 2.93. The van der Waals surface area contributed by atoms with E-state index >= 15 is 0 Å². The molecule has 0 aliphatic carbocycles. The number of ether oxygens (including phenoxy) is 2. The second-order valence-electron chi connectivity index (χ2n) is 6.51. The number of hydrogen-bond donors (Lipinski definition) is 1. The molecule has 2 aliphatic heterocycles. The molecule has 0 bridgehead atoms. The molecule has 5 nitrogen and oxygen atoms in total. The van der Waals surface area contributed by atoms with E-state index in [0.717, 1.165) is 65.1 Å². The molecule has 0 radical (unpaired) electrons. The Balaban J connectivity index is 1.58. The highest BCUT2D eigenvalue weighted by Gasteiger charge is 2.22. The number of amides is 1. The van der Waals surface area contributed by atoms with E-state index in [4.69, 9.17) is 9.47 Å². The zero-order chi connectivity index (χ0) is 15.1. The quantitative estimate of drug-likeness (QED) is 0.722. The molecule has 21 heavy (non-hydrogen) atoms. The van der Waals surface area contributed by atoms with Crippen LogP contribution in [0.25, 0.3) is 0 Å². The van der Waals surface area contributed by atoms with Crippen LogP contribution in [0.2, 0.25) is 0 Å². The minimum Gasteiger partial charge on any atom is -0.377 e. The zero-order valence-electron chi connectivity index (χ0n) is 13.5. The Morgan fingerprint density at radius 3 is 2.95 bits per heavy atom. The van der Waals surface area contributed by atoms with Crippen LogP contribution in [0.4, 0.5) is 0 Å². The molecule has 2 heterocycles. The van der Waals surface area contributed by atoms with Crippen molar-refractivity contribution in [2.75, 3.05) is 39.5 Å². The molecule has 122 valence electrons. The molecule has 0 saturated carbocycles. The molecule has 5 heteroatoms. The topological polar surface area (TPSA) is 50.8 Å². The van der Waals surface area contributed by atoms with E-state index in [-0.39, 0.29) is 11.8 Å². The fraction of sp³-hybridized carbons (Fsp3) is 0.938. The van der Waals surface area contributed by atoms with Crippen molar-refractivity contribution in [1.29, 1.82) is 0 Å². The van der Waals surface area contributed by atoms with Crippen LogP contribution >= 0.6 is 0 Å². The lowest BCUT2D eigenvalue weighted by atomic mass is 10.0. The summed E-state index contributed by atoms with van der Waals surface area (Å²) in [4.78, 5) is 14.1. The first-order valence-electron chi connectivity index (χ1n) is 8.37. The first-order chi connectivity index (χ1) is 10.1. The second-order valence-corrected chi connectivity index (χ2v) is 6.51. The summed E-state index contributed by atoms with van der Waals surface area (Å²) in [6.07, 6.45) is 4.84. The van der Waals surface area contributed by atoms with Crippen molar-refractivity contribution in [3.63, 3.8) is 0 Å². The van der Waals surface area contributed by atoms with Gasteiger partial charge < -0.3 is 14.8 Å². The molecular formula is C16H30N2O3. The van der Waals surface area contributed by atoms with Crippen LogP contribution in [-0.2, 0) is 14.3 Å². The Bertz CT molecular complexity index is 317. The Morgan fingerprint density at radius 2 is 2.24 bits per heavy atom. The third kappa shape index (κ3) is 5.93.